The van der Waals surface area contributed by atoms with E-state index in [2.05, 4.69) is 39.0 Å². The lowest BCUT2D eigenvalue weighted by atomic mass is 9.74. The highest BCUT2D eigenvalue weighted by molar-refractivity contribution is 5.34. The van der Waals surface area contributed by atoms with Gasteiger partial charge >= 0.3 is 0 Å². The molecule has 0 spiro atoms. The molecule has 118 valence electrons. The number of rotatable bonds is 5. The molecule has 2 rings (SSSR count). The Morgan fingerprint density at radius 2 is 1.81 bits per heavy atom. The molecule has 0 amide bonds. The molecule has 21 heavy (non-hydrogen) atoms. The maximum absolute atomic E-state index is 10.9. The highest BCUT2D eigenvalue weighted by Crippen LogP contribution is 2.38. The predicted molar refractivity (Wildman–Crippen MR) is 87.6 cm³/mol. The Morgan fingerprint density at radius 3 is 2.33 bits per heavy atom. The molecule has 1 N–H and O–H groups in total. The molecule has 0 heterocycles. The number of aliphatic hydroxyl groups is 1. The number of aryl methyl sites for hydroxylation is 2. The molecule has 0 saturated heterocycles. The van der Waals surface area contributed by atoms with Crippen molar-refractivity contribution in [3.05, 3.63) is 34.9 Å². The van der Waals surface area contributed by atoms with Gasteiger partial charge in [0.2, 0.25) is 0 Å². The second-order valence-corrected chi connectivity index (χ2v) is 6.77. The topological polar surface area (TPSA) is 29.5 Å². The predicted octanol–water partition coefficient (Wildman–Crippen LogP) is 4.19. The second kappa shape index (κ2) is 6.93. The third-order valence-corrected chi connectivity index (χ3v) is 5.20. The molecule has 0 aromatic heterocycles. The van der Waals surface area contributed by atoms with Gasteiger partial charge in [0.25, 0.3) is 0 Å². The number of hydrogen-bond donors (Lipinski definition) is 1. The van der Waals surface area contributed by atoms with Gasteiger partial charge in [0.05, 0.1) is 11.7 Å². The molecular weight excluding hydrogens is 260 g/mol. The van der Waals surface area contributed by atoms with E-state index in [0.29, 0.717) is 13.0 Å². The summed E-state index contributed by atoms with van der Waals surface area (Å²) in [6, 6.07) is 6.35. The standard InChI is InChI=1S/C19H30O2/c1-5-21-19(11-9-14(2)10-12-19)18(20)13-17-15(3)7-6-8-16(17)4/h6-8,14,18,20H,5,9-13H2,1-4H3. The Morgan fingerprint density at radius 1 is 1.24 bits per heavy atom. The first-order valence-corrected chi connectivity index (χ1v) is 8.35. The van der Waals surface area contributed by atoms with Gasteiger partial charge in [0.15, 0.2) is 0 Å². The minimum absolute atomic E-state index is 0.337. The Kier molecular flexibility index (Phi) is 5.45. The number of ether oxygens (including phenoxy) is 1. The van der Waals surface area contributed by atoms with Crippen LogP contribution in [0.25, 0.3) is 0 Å². The Balaban J connectivity index is 2.17. The van der Waals surface area contributed by atoms with Crippen LogP contribution in [-0.2, 0) is 11.2 Å². The van der Waals surface area contributed by atoms with Crippen molar-refractivity contribution in [2.75, 3.05) is 6.61 Å². The smallest absolute Gasteiger partial charge is 0.0943 e. The molecule has 1 atom stereocenters. The number of aliphatic hydroxyl groups excluding tert-OH is 1. The molecule has 1 saturated carbocycles. The second-order valence-electron chi connectivity index (χ2n) is 6.77. The summed E-state index contributed by atoms with van der Waals surface area (Å²) >= 11 is 0. The van der Waals surface area contributed by atoms with E-state index >= 15 is 0 Å². The molecule has 0 aliphatic heterocycles. The van der Waals surface area contributed by atoms with Gasteiger partial charge in [-0.15, -0.1) is 0 Å². The Labute approximate surface area is 129 Å². The summed E-state index contributed by atoms with van der Waals surface area (Å²) < 4.78 is 6.08. The average Bonchev–Trinajstić information content (AvgIpc) is 2.46. The largest absolute Gasteiger partial charge is 0.390 e. The van der Waals surface area contributed by atoms with Crippen molar-refractivity contribution in [3.63, 3.8) is 0 Å². The van der Waals surface area contributed by atoms with E-state index in [9.17, 15) is 5.11 Å². The lowest BCUT2D eigenvalue weighted by Gasteiger charge is -2.43. The van der Waals surface area contributed by atoms with E-state index in [1.807, 2.05) is 6.92 Å². The van der Waals surface area contributed by atoms with E-state index in [1.54, 1.807) is 0 Å². The van der Waals surface area contributed by atoms with Crippen LogP contribution >= 0.6 is 0 Å². The first-order valence-electron chi connectivity index (χ1n) is 8.35. The van der Waals surface area contributed by atoms with Gasteiger partial charge in [-0.1, -0.05) is 25.1 Å². The van der Waals surface area contributed by atoms with E-state index < -0.39 is 6.10 Å². The maximum atomic E-state index is 10.9. The van der Waals surface area contributed by atoms with Crippen molar-refractivity contribution >= 4 is 0 Å². The molecule has 1 unspecified atom stereocenters. The fraction of sp³-hybridized carbons (Fsp3) is 0.684. The summed E-state index contributed by atoms with van der Waals surface area (Å²) in [4.78, 5) is 0. The van der Waals surface area contributed by atoms with Crippen molar-refractivity contribution < 1.29 is 9.84 Å². The van der Waals surface area contributed by atoms with Gasteiger partial charge in [-0.2, -0.15) is 0 Å². The monoisotopic (exact) mass is 290 g/mol. The van der Waals surface area contributed by atoms with Gasteiger partial charge < -0.3 is 9.84 Å². The van der Waals surface area contributed by atoms with Crippen LogP contribution in [0.15, 0.2) is 18.2 Å². The summed E-state index contributed by atoms with van der Waals surface area (Å²) in [7, 11) is 0. The van der Waals surface area contributed by atoms with Gasteiger partial charge in [0, 0.05) is 13.0 Å². The molecule has 1 aromatic carbocycles. The maximum Gasteiger partial charge on any atom is 0.0943 e. The normalized spacial score (nSPS) is 27.6. The summed E-state index contributed by atoms with van der Waals surface area (Å²) in [5, 5.41) is 10.9. The quantitative estimate of drug-likeness (QED) is 0.881. The lowest BCUT2D eigenvalue weighted by Crippen LogP contribution is -2.48. The van der Waals surface area contributed by atoms with E-state index in [-0.39, 0.29) is 5.60 Å². The minimum Gasteiger partial charge on any atom is -0.390 e. The van der Waals surface area contributed by atoms with E-state index in [1.165, 1.54) is 16.7 Å². The van der Waals surface area contributed by atoms with Crippen molar-refractivity contribution in [3.8, 4) is 0 Å². The Hall–Kier alpha value is -0.860. The SMILES string of the molecule is CCOC1(C(O)Cc2c(C)cccc2C)CCC(C)CC1. The summed E-state index contributed by atoms with van der Waals surface area (Å²) in [5.41, 5.74) is 3.48. The zero-order valence-electron chi connectivity index (χ0n) is 14.0. The van der Waals surface area contributed by atoms with Crippen molar-refractivity contribution in [1.29, 1.82) is 0 Å². The fourth-order valence-electron chi connectivity index (χ4n) is 3.66. The molecule has 1 fully saturated rings. The van der Waals surface area contributed by atoms with Crippen LogP contribution in [-0.4, -0.2) is 23.4 Å². The van der Waals surface area contributed by atoms with Crippen molar-refractivity contribution in [2.45, 2.75) is 71.5 Å². The fourth-order valence-corrected chi connectivity index (χ4v) is 3.66. The van der Waals surface area contributed by atoms with E-state index in [0.717, 1.165) is 31.6 Å². The minimum atomic E-state index is -0.412. The van der Waals surface area contributed by atoms with Crippen molar-refractivity contribution in [1.82, 2.24) is 0 Å². The van der Waals surface area contributed by atoms with Crippen molar-refractivity contribution in [2.24, 2.45) is 5.92 Å². The molecule has 1 aliphatic rings. The first-order chi connectivity index (χ1) is 9.98. The van der Waals surface area contributed by atoms with Crippen LogP contribution in [0.1, 0.15) is 56.2 Å². The third kappa shape index (κ3) is 3.67. The zero-order valence-corrected chi connectivity index (χ0v) is 14.0. The number of hydrogen-bond acceptors (Lipinski definition) is 2. The average molecular weight is 290 g/mol. The van der Waals surface area contributed by atoms with E-state index in [4.69, 9.17) is 4.74 Å². The van der Waals surface area contributed by atoms with Crippen LogP contribution < -0.4 is 0 Å². The highest BCUT2D eigenvalue weighted by Gasteiger charge is 2.41. The number of benzene rings is 1. The van der Waals surface area contributed by atoms with Gasteiger partial charge in [-0.3, -0.25) is 0 Å². The third-order valence-electron chi connectivity index (χ3n) is 5.20. The zero-order chi connectivity index (χ0) is 15.5. The molecule has 0 bridgehead atoms. The Bertz CT molecular complexity index is 438. The summed E-state index contributed by atoms with van der Waals surface area (Å²) in [6.07, 6.45) is 4.56. The van der Waals surface area contributed by atoms with Crippen LogP contribution in [0.3, 0.4) is 0 Å². The van der Waals surface area contributed by atoms with Gasteiger partial charge in [-0.25, -0.2) is 0 Å². The first kappa shape index (κ1) is 16.5. The molecule has 2 nitrogen and oxygen atoms in total. The molecule has 2 heteroatoms. The summed E-state index contributed by atoms with van der Waals surface area (Å²) in [5.74, 6) is 0.756. The summed E-state index contributed by atoms with van der Waals surface area (Å²) in [6.45, 7) is 9.27. The van der Waals surface area contributed by atoms with Gasteiger partial charge in [-0.05, 0) is 69.1 Å². The molecule has 0 radical (unpaired) electrons. The molecular formula is C19H30O2. The lowest BCUT2D eigenvalue weighted by molar-refractivity contribution is -0.143. The molecule has 1 aromatic rings. The van der Waals surface area contributed by atoms with Crippen LogP contribution in [0.2, 0.25) is 0 Å². The van der Waals surface area contributed by atoms with Crippen LogP contribution in [0.5, 0.6) is 0 Å². The van der Waals surface area contributed by atoms with Crippen LogP contribution in [0.4, 0.5) is 0 Å². The van der Waals surface area contributed by atoms with Gasteiger partial charge in [0.1, 0.15) is 0 Å². The highest BCUT2D eigenvalue weighted by atomic mass is 16.5. The molecule has 1 aliphatic carbocycles. The van der Waals surface area contributed by atoms with Crippen LogP contribution in [0, 0.1) is 19.8 Å².